The number of ether oxygens (including phenoxy) is 2. The largest absolute Gasteiger partial charge is 0.490 e. The Morgan fingerprint density at radius 2 is 1.73 bits per heavy atom. The van der Waals surface area contributed by atoms with Crippen LogP contribution in [0.5, 0.6) is 11.5 Å². The minimum absolute atomic E-state index is 0.0235. The zero-order chi connectivity index (χ0) is 30.6. The smallest absolute Gasteiger partial charge is 0.490 e. The third-order valence-corrected chi connectivity index (χ3v) is 4.95. The van der Waals surface area contributed by atoms with Crippen molar-refractivity contribution >= 4 is 29.2 Å². The standard InChI is InChI=1S/C25H30N6O3.C2HF3O2/c1-4-33-21-15-18(10-13-20(21)34-16(2)3)23(25(32)31-30-22-7-5-6-14-28-22)29-19-11-8-17(9-12-19)24(26)27;3-2(4,5)1(6)7/h5-16,23,29H,4H2,1-3H3,(H3,26,27)(H,28,30)(H,31,32);(H,6,7). The van der Waals surface area contributed by atoms with E-state index in [4.69, 9.17) is 30.5 Å². The molecule has 1 amide bonds. The summed E-state index contributed by atoms with van der Waals surface area (Å²) in [6, 6.07) is 17.0. The van der Waals surface area contributed by atoms with E-state index in [1.165, 1.54) is 0 Å². The van der Waals surface area contributed by atoms with Gasteiger partial charge >= 0.3 is 12.1 Å². The maximum atomic E-state index is 13.2. The number of nitrogen functional groups attached to an aromatic ring is 1. The molecule has 11 nitrogen and oxygen atoms in total. The fourth-order valence-electron chi connectivity index (χ4n) is 3.17. The van der Waals surface area contributed by atoms with Crippen LogP contribution in [0.1, 0.15) is 37.9 Å². The fourth-order valence-corrected chi connectivity index (χ4v) is 3.17. The zero-order valence-electron chi connectivity index (χ0n) is 22.5. The maximum Gasteiger partial charge on any atom is 0.490 e. The molecule has 220 valence electrons. The van der Waals surface area contributed by atoms with Crippen molar-refractivity contribution in [2.75, 3.05) is 17.3 Å². The molecule has 0 aliphatic heterocycles. The summed E-state index contributed by atoms with van der Waals surface area (Å²) in [4.78, 5) is 26.3. The number of rotatable bonds is 11. The van der Waals surface area contributed by atoms with E-state index in [0.29, 0.717) is 40.7 Å². The van der Waals surface area contributed by atoms with Crippen LogP contribution < -0.4 is 31.4 Å². The van der Waals surface area contributed by atoms with E-state index in [-0.39, 0.29) is 17.8 Å². The lowest BCUT2D eigenvalue weighted by Gasteiger charge is -2.22. The van der Waals surface area contributed by atoms with Crippen molar-refractivity contribution in [2.45, 2.75) is 39.1 Å². The van der Waals surface area contributed by atoms with E-state index >= 15 is 0 Å². The van der Waals surface area contributed by atoms with Crippen molar-refractivity contribution in [3.63, 3.8) is 0 Å². The van der Waals surface area contributed by atoms with Gasteiger partial charge in [0.1, 0.15) is 17.7 Å². The molecule has 0 saturated carbocycles. The van der Waals surface area contributed by atoms with E-state index in [1.54, 1.807) is 54.7 Å². The average Bonchev–Trinajstić information content (AvgIpc) is 2.92. The number of nitrogens with one attached hydrogen (secondary N) is 4. The van der Waals surface area contributed by atoms with Crippen LogP contribution in [0.25, 0.3) is 0 Å². The summed E-state index contributed by atoms with van der Waals surface area (Å²) in [5, 5.41) is 17.9. The number of carbonyl (C=O) groups is 2. The van der Waals surface area contributed by atoms with Crippen molar-refractivity contribution in [3.05, 3.63) is 78.0 Å². The molecule has 14 heteroatoms. The Hall–Kier alpha value is -5.01. The van der Waals surface area contributed by atoms with Crippen LogP contribution in [0.2, 0.25) is 0 Å². The quantitative estimate of drug-likeness (QED) is 0.109. The molecule has 0 fully saturated rings. The summed E-state index contributed by atoms with van der Waals surface area (Å²) < 4.78 is 43.4. The van der Waals surface area contributed by atoms with Crippen LogP contribution in [0.4, 0.5) is 24.7 Å². The normalized spacial score (nSPS) is 11.4. The number of hydrogen-bond donors (Lipinski definition) is 6. The lowest BCUT2D eigenvalue weighted by Crippen LogP contribution is -2.37. The molecule has 0 radical (unpaired) electrons. The van der Waals surface area contributed by atoms with Gasteiger partial charge < -0.3 is 25.6 Å². The highest BCUT2D eigenvalue weighted by Gasteiger charge is 2.38. The molecule has 0 aliphatic carbocycles. The summed E-state index contributed by atoms with van der Waals surface area (Å²) in [5.74, 6) is -1.44. The van der Waals surface area contributed by atoms with Crippen LogP contribution in [-0.4, -0.2) is 46.7 Å². The van der Waals surface area contributed by atoms with Crippen LogP contribution in [0.15, 0.2) is 66.9 Å². The molecule has 0 spiro atoms. The number of amides is 1. The molecule has 1 unspecified atom stereocenters. The first kappa shape index (κ1) is 32.2. The number of alkyl halides is 3. The first-order chi connectivity index (χ1) is 19.3. The Balaban J connectivity index is 0.000000745. The summed E-state index contributed by atoms with van der Waals surface area (Å²) in [7, 11) is 0. The van der Waals surface area contributed by atoms with Crippen molar-refractivity contribution in [1.29, 1.82) is 5.41 Å². The molecule has 3 rings (SSSR count). The van der Waals surface area contributed by atoms with Crippen LogP contribution >= 0.6 is 0 Å². The molecule has 1 aromatic heterocycles. The Labute approximate surface area is 234 Å². The number of hydrogen-bond acceptors (Lipinski definition) is 8. The van der Waals surface area contributed by atoms with Gasteiger partial charge in [0.25, 0.3) is 5.91 Å². The molecular weight excluding hydrogens is 545 g/mol. The van der Waals surface area contributed by atoms with Gasteiger partial charge in [-0.2, -0.15) is 13.2 Å². The number of hydrazine groups is 1. The highest BCUT2D eigenvalue weighted by atomic mass is 19.4. The second kappa shape index (κ2) is 15.0. The molecular formula is C27H31F3N6O5. The third kappa shape index (κ3) is 10.6. The summed E-state index contributed by atoms with van der Waals surface area (Å²) in [5.41, 5.74) is 13.0. The van der Waals surface area contributed by atoms with Crippen LogP contribution in [0.3, 0.4) is 0 Å². The van der Waals surface area contributed by atoms with Gasteiger partial charge in [-0.05, 0) is 74.9 Å². The number of anilines is 2. The molecule has 7 N–H and O–H groups in total. The number of nitrogens with zero attached hydrogens (tertiary/aromatic N) is 1. The second-order valence-electron chi connectivity index (χ2n) is 8.51. The number of pyridine rings is 1. The predicted molar refractivity (Wildman–Crippen MR) is 147 cm³/mol. The molecule has 1 atom stereocenters. The summed E-state index contributed by atoms with van der Waals surface area (Å²) in [6.07, 6.45) is -3.48. The first-order valence-corrected chi connectivity index (χ1v) is 12.2. The number of aromatic nitrogens is 1. The highest BCUT2D eigenvalue weighted by molar-refractivity contribution is 5.95. The van der Waals surface area contributed by atoms with Gasteiger partial charge in [0.05, 0.1) is 12.7 Å². The molecule has 1 heterocycles. The minimum Gasteiger partial charge on any atom is -0.490 e. The minimum atomic E-state index is -5.08. The van der Waals surface area contributed by atoms with E-state index in [0.717, 1.165) is 0 Å². The fraction of sp³-hybridized carbons (Fsp3) is 0.259. The molecule has 3 aromatic rings. The Bertz CT molecular complexity index is 1310. The van der Waals surface area contributed by atoms with E-state index in [9.17, 15) is 18.0 Å². The van der Waals surface area contributed by atoms with Crippen molar-refractivity contribution in [3.8, 4) is 11.5 Å². The van der Waals surface area contributed by atoms with Gasteiger partial charge in [-0.15, -0.1) is 0 Å². The van der Waals surface area contributed by atoms with E-state index < -0.39 is 18.2 Å². The van der Waals surface area contributed by atoms with Gasteiger partial charge in [0.2, 0.25) is 0 Å². The highest BCUT2D eigenvalue weighted by Crippen LogP contribution is 2.33. The molecule has 2 aromatic carbocycles. The lowest BCUT2D eigenvalue weighted by atomic mass is 10.0. The molecule has 0 aliphatic rings. The Kier molecular flexibility index (Phi) is 11.7. The number of nitrogens with two attached hydrogens (primary N) is 1. The van der Waals surface area contributed by atoms with Crippen molar-refractivity contribution in [1.82, 2.24) is 10.4 Å². The third-order valence-electron chi connectivity index (χ3n) is 4.95. The maximum absolute atomic E-state index is 13.2. The van der Waals surface area contributed by atoms with Gasteiger partial charge in [0, 0.05) is 17.4 Å². The number of benzene rings is 2. The van der Waals surface area contributed by atoms with Crippen LogP contribution in [0, 0.1) is 5.41 Å². The number of halogens is 3. The monoisotopic (exact) mass is 576 g/mol. The SMILES string of the molecule is CCOc1cc(C(Nc2ccc(C(=N)N)cc2)C(=O)NNc2ccccn2)ccc1OC(C)C.O=C(O)C(F)(F)F. The van der Waals surface area contributed by atoms with Crippen molar-refractivity contribution in [2.24, 2.45) is 5.73 Å². The Morgan fingerprint density at radius 3 is 2.24 bits per heavy atom. The van der Waals surface area contributed by atoms with E-state index in [1.807, 2.05) is 32.9 Å². The Morgan fingerprint density at radius 1 is 1.07 bits per heavy atom. The number of aliphatic carboxylic acids is 1. The first-order valence-electron chi connectivity index (χ1n) is 12.2. The number of carbonyl (C=O) groups excluding carboxylic acids is 1. The lowest BCUT2D eigenvalue weighted by molar-refractivity contribution is -0.192. The van der Waals surface area contributed by atoms with E-state index in [2.05, 4.69) is 21.2 Å². The molecule has 0 saturated heterocycles. The number of carboxylic acid groups (broad SMARTS) is 1. The van der Waals surface area contributed by atoms with Gasteiger partial charge in [-0.25, -0.2) is 9.78 Å². The topological polar surface area (TPSA) is 172 Å². The summed E-state index contributed by atoms with van der Waals surface area (Å²) >= 11 is 0. The van der Waals surface area contributed by atoms with Gasteiger partial charge in [-0.3, -0.25) is 21.1 Å². The number of carboxylic acids is 1. The van der Waals surface area contributed by atoms with Crippen LogP contribution in [-0.2, 0) is 9.59 Å². The van der Waals surface area contributed by atoms with Crippen molar-refractivity contribution < 1.29 is 37.3 Å². The van der Waals surface area contributed by atoms with Gasteiger partial charge in [-0.1, -0.05) is 12.1 Å². The molecule has 41 heavy (non-hydrogen) atoms. The second-order valence-corrected chi connectivity index (χ2v) is 8.51. The molecule has 0 bridgehead atoms. The average molecular weight is 577 g/mol. The summed E-state index contributed by atoms with van der Waals surface area (Å²) in [6.45, 7) is 6.22. The number of amidine groups is 1. The van der Waals surface area contributed by atoms with Gasteiger partial charge in [0.15, 0.2) is 11.5 Å². The zero-order valence-corrected chi connectivity index (χ0v) is 22.5. The predicted octanol–water partition coefficient (Wildman–Crippen LogP) is 4.48.